The van der Waals surface area contributed by atoms with Crippen LogP contribution in [0.3, 0.4) is 0 Å². The summed E-state index contributed by atoms with van der Waals surface area (Å²) >= 11 is 0. The monoisotopic (exact) mass is 525 g/mol. The second-order valence-electron chi connectivity index (χ2n) is 9.17. The zero-order valence-corrected chi connectivity index (χ0v) is 22.4. The van der Waals surface area contributed by atoms with E-state index in [4.69, 9.17) is 14.2 Å². The maximum atomic E-state index is 13.7. The fraction of sp³-hybridized carbons (Fsp3) is 0.233. The number of carbonyl (C=O) groups is 1. The summed E-state index contributed by atoms with van der Waals surface area (Å²) < 4.78 is 19.3. The second-order valence-corrected chi connectivity index (χ2v) is 9.17. The molecule has 5 rings (SSSR count). The minimum atomic E-state index is -0.552. The Hall–Kier alpha value is -4.79. The van der Waals surface area contributed by atoms with E-state index >= 15 is 0 Å². The lowest BCUT2D eigenvalue weighted by atomic mass is 9.94. The zero-order chi connectivity index (χ0) is 27.4. The van der Waals surface area contributed by atoms with Crippen LogP contribution in [-0.2, 0) is 11.4 Å². The van der Waals surface area contributed by atoms with Crippen LogP contribution >= 0.6 is 0 Å². The number of methoxy groups -OCH3 is 1. The number of aryl methyl sites for hydroxylation is 1. The van der Waals surface area contributed by atoms with E-state index in [9.17, 15) is 4.79 Å². The lowest BCUT2D eigenvalue weighted by Crippen LogP contribution is -2.31. The molecule has 3 aromatic carbocycles. The van der Waals surface area contributed by atoms with Gasteiger partial charge in [0, 0.05) is 5.70 Å². The maximum absolute atomic E-state index is 13.7. The molecule has 0 saturated heterocycles. The molecule has 0 aliphatic carbocycles. The van der Waals surface area contributed by atoms with Crippen LogP contribution in [0.25, 0.3) is 0 Å². The predicted octanol–water partition coefficient (Wildman–Crippen LogP) is 5.50. The molecule has 0 fully saturated rings. The van der Waals surface area contributed by atoms with Gasteiger partial charge in [0.25, 0.3) is 5.91 Å². The summed E-state index contributed by atoms with van der Waals surface area (Å²) in [7, 11) is 1.57. The first-order chi connectivity index (χ1) is 19.0. The maximum Gasteiger partial charge on any atom is 0.255 e. The van der Waals surface area contributed by atoms with E-state index in [1.807, 2.05) is 56.3 Å². The highest BCUT2D eigenvalue weighted by atomic mass is 16.5. The third-order valence-electron chi connectivity index (χ3n) is 6.45. The van der Waals surface area contributed by atoms with E-state index in [0.29, 0.717) is 53.4 Å². The Bertz CT molecular complexity index is 1530. The molecule has 1 aliphatic heterocycles. The summed E-state index contributed by atoms with van der Waals surface area (Å²) in [6.07, 6.45) is 1.46. The van der Waals surface area contributed by atoms with Crippen molar-refractivity contribution in [3.63, 3.8) is 0 Å². The summed E-state index contributed by atoms with van der Waals surface area (Å²) in [5, 5.41) is 10.6. The molecule has 0 radical (unpaired) electrons. The van der Waals surface area contributed by atoms with Crippen LogP contribution < -0.4 is 24.8 Å². The number of para-hydroxylation sites is 2. The number of amides is 1. The molecule has 9 nitrogen and oxygen atoms in total. The van der Waals surface area contributed by atoms with Gasteiger partial charge in [-0.05, 0) is 56.2 Å². The third kappa shape index (κ3) is 5.43. The van der Waals surface area contributed by atoms with E-state index in [-0.39, 0.29) is 5.91 Å². The van der Waals surface area contributed by atoms with Gasteiger partial charge >= 0.3 is 0 Å². The van der Waals surface area contributed by atoms with Crippen molar-refractivity contribution in [2.24, 2.45) is 0 Å². The van der Waals surface area contributed by atoms with E-state index in [0.717, 1.165) is 11.1 Å². The van der Waals surface area contributed by atoms with Gasteiger partial charge in [-0.15, -0.1) is 0 Å². The number of allylic oxidation sites excluding steroid dienone is 1. The van der Waals surface area contributed by atoms with Gasteiger partial charge in [-0.25, -0.2) is 4.68 Å². The second kappa shape index (κ2) is 11.3. The standard InChI is InChI=1S/C30H31N5O4/c1-5-38-26-16-22(13-14-25(26)39-17-21-10-8-9-19(2)15-21)28-27(20(3)33-30-31-18-32-35(28)30)29(36)34-23-11-6-7-12-24(23)37-4/h6-16,18,28H,5,17H2,1-4H3,(H,34,36)(H,31,32,33). The molecule has 4 aromatic rings. The highest BCUT2D eigenvalue weighted by Crippen LogP contribution is 2.39. The molecule has 1 amide bonds. The number of nitrogens with one attached hydrogen (secondary N) is 2. The van der Waals surface area contributed by atoms with E-state index in [1.165, 1.54) is 11.9 Å². The van der Waals surface area contributed by atoms with Gasteiger partial charge in [0.1, 0.15) is 24.7 Å². The van der Waals surface area contributed by atoms with Crippen LogP contribution in [0.2, 0.25) is 0 Å². The lowest BCUT2D eigenvalue weighted by Gasteiger charge is -2.29. The molecule has 2 heterocycles. The number of benzene rings is 3. The average Bonchev–Trinajstić information content (AvgIpc) is 3.40. The molecule has 0 spiro atoms. The Labute approximate surface area is 227 Å². The first kappa shape index (κ1) is 25.8. The molecule has 39 heavy (non-hydrogen) atoms. The van der Waals surface area contributed by atoms with Crippen molar-refractivity contribution in [2.45, 2.75) is 33.4 Å². The van der Waals surface area contributed by atoms with Crippen LogP contribution in [0.4, 0.5) is 11.6 Å². The Balaban J connectivity index is 1.50. The van der Waals surface area contributed by atoms with Gasteiger partial charge < -0.3 is 24.8 Å². The average molecular weight is 526 g/mol. The number of anilines is 2. The Morgan fingerprint density at radius 3 is 2.64 bits per heavy atom. The number of aromatic nitrogens is 3. The number of carbonyl (C=O) groups excluding carboxylic acids is 1. The largest absolute Gasteiger partial charge is 0.495 e. The fourth-order valence-corrected chi connectivity index (χ4v) is 4.68. The molecule has 1 aliphatic rings. The third-order valence-corrected chi connectivity index (χ3v) is 6.45. The van der Waals surface area contributed by atoms with Crippen molar-refractivity contribution in [1.29, 1.82) is 0 Å². The van der Waals surface area contributed by atoms with Gasteiger partial charge in [0.15, 0.2) is 11.5 Å². The summed E-state index contributed by atoms with van der Waals surface area (Å²) in [6, 6.07) is 20.6. The highest BCUT2D eigenvalue weighted by Gasteiger charge is 2.34. The number of ether oxygens (including phenoxy) is 3. The number of hydrogen-bond acceptors (Lipinski definition) is 7. The minimum absolute atomic E-state index is 0.284. The number of fused-ring (bicyclic) bond motifs is 1. The van der Waals surface area contributed by atoms with Gasteiger partial charge in [-0.1, -0.05) is 48.0 Å². The van der Waals surface area contributed by atoms with E-state index in [2.05, 4.69) is 39.8 Å². The van der Waals surface area contributed by atoms with Gasteiger partial charge in [-0.2, -0.15) is 10.1 Å². The van der Waals surface area contributed by atoms with Crippen molar-refractivity contribution < 1.29 is 19.0 Å². The van der Waals surface area contributed by atoms with Crippen molar-refractivity contribution in [1.82, 2.24) is 14.8 Å². The molecular formula is C30H31N5O4. The summed E-state index contributed by atoms with van der Waals surface area (Å²) in [6.45, 7) is 6.70. The number of hydrogen-bond donors (Lipinski definition) is 2. The normalized spacial score (nSPS) is 14.3. The molecular weight excluding hydrogens is 494 g/mol. The first-order valence-electron chi connectivity index (χ1n) is 12.7. The zero-order valence-electron chi connectivity index (χ0n) is 22.4. The van der Waals surface area contributed by atoms with Crippen LogP contribution in [0.5, 0.6) is 17.2 Å². The molecule has 2 N–H and O–H groups in total. The van der Waals surface area contributed by atoms with Gasteiger partial charge in [0.05, 0.1) is 25.0 Å². The van der Waals surface area contributed by atoms with Crippen LogP contribution in [0, 0.1) is 6.92 Å². The summed E-state index contributed by atoms with van der Waals surface area (Å²) in [5.74, 6) is 2.04. The molecule has 1 aromatic heterocycles. The molecule has 1 unspecified atom stereocenters. The van der Waals surface area contributed by atoms with Crippen molar-refractivity contribution in [3.05, 3.63) is 101 Å². The van der Waals surface area contributed by atoms with Crippen molar-refractivity contribution >= 4 is 17.5 Å². The Kier molecular flexibility index (Phi) is 7.49. The smallest absolute Gasteiger partial charge is 0.255 e. The van der Waals surface area contributed by atoms with Gasteiger partial charge in [-0.3, -0.25) is 4.79 Å². The van der Waals surface area contributed by atoms with Crippen LogP contribution in [0.1, 0.15) is 36.6 Å². The fourth-order valence-electron chi connectivity index (χ4n) is 4.68. The van der Waals surface area contributed by atoms with Crippen LogP contribution in [0.15, 0.2) is 84.3 Å². The SMILES string of the molecule is CCOc1cc(C2C(C(=O)Nc3ccccc3OC)=C(C)Nc3ncnn32)ccc1OCc1cccc(C)c1. The van der Waals surface area contributed by atoms with E-state index in [1.54, 1.807) is 23.9 Å². The summed E-state index contributed by atoms with van der Waals surface area (Å²) in [4.78, 5) is 18.1. The van der Waals surface area contributed by atoms with Crippen molar-refractivity contribution in [3.8, 4) is 17.2 Å². The van der Waals surface area contributed by atoms with Crippen molar-refractivity contribution in [2.75, 3.05) is 24.4 Å². The van der Waals surface area contributed by atoms with Gasteiger partial charge in [0.2, 0.25) is 5.95 Å². The summed E-state index contributed by atoms with van der Waals surface area (Å²) in [5.41, 5.74) is 4.79. The van der Waals surface area contributed by atoms with Crippen LogP contribution in [-0.4, -0.2) is 34.4 Å². The lowest BCUT2D eigenvalue weighted by molar-refractivity contribution is -0.113. The molecule has 1 atom stereocenters. The van der Waals surface area contributed by atoms with E-state index < -0.39 is 6.04 Å². The minimum Gasteiger partial charge on any atom is -0.495 e. The Morgan fingerprint density at radius 1 is 1.00 bits per heavy atom. The molecule has 0 saturated carbocycles. The quantitative estimate of drug-likeness (QED) is 0.298. The predicted molar refractivity (Wildman–Crippen MR) is 149 cm³/mol. The Morgan fingerprint density at radius 2 is 1.85 bits per heavy atom. The molecule has 0 bridgehead atoms. The molecule has 200 valence electrons. The molecule has 9 heteroatoms. The number of nitrogens with zero attached hydrogens (tertiary/aromatic N) is 3. The topological polar surface area (TPSA) is 99.5 Å². The first-order valence-corrected chi connectivity index (χ1v) is 12.7. The number of rotatable bonds is 9. The highest BCUT2D eigenvalue weighted by molar-refractivity contribution is 6.06.